The molecule has 238 valence electrons. The molecule has 0 radical (unpaired) electrons. The number of phenolic OH excluding ortho intramolecular Hbond substituents is 1. The smallest absolute Gasteiger partial charge is 0.296 e. The van der Waals surface area contributed by atoms with Crippen molar-refractivity contribution in [3.8, 4) is 17.2 Å². The van der Waals surface area contributed by atoms with Crippen LogP contribution in [0.4, 0.5) is 34.1 Å². The molecular weight excluding hydrogens is 636 g/mol. The zero-order chi connectivity index (χ0) is 32.9. The van der Waals surface area contributed by atoms with Crippen LogP contribution in [0.15, 0.2) is 84.8 Å². The number of ether oxygens (including phenoxy) is 2. The van der Waals surface area contributed by atoms with E-state index in [-0.39, 0.29) is 63.9 Å². The van der Waals surface area contributed by atoms with Crippen molar-refractivity contribution in [1.82, 2.24) is 0 Å². The molecule has 45 heavy (non-hydrogen) atoms. The Labute approximate surface area is 255 Å². The van der Waals surface area contributed by atoms with Gasteiger partial charge in [0.15, 0.2) is 5.75 Å². The van der Waals surface area contributed by atoms with Gasteiger partial charge in [-0.3, -0.25) is 9.11 Å². The first-order valence-electron chi connectivity index (χ1n) is 12.6. The number of anilines is 2. The second-order valence-electron chi connectivity index (χ2n) is 9.06. The zero-order valence-electron chi connectivity index (χ0n) is 23.0. The molecule has 19 heteroatoms. The van der Waals surface area contributed by atoms with Crippen LogP contribution in [0.5, 0.6) is 17.2 Å². The van der Waals surface area contributed by atoms with Crippen LogP contribution in [0.1, 0.15) is 0 Å². The Kier molecular flexibility index (Phi) is 9.81. The quantitative estimate of drug-likeness (QED) is 0.0646. The summed E-state index contributed by atoms with van der Waals surface area (Å²) in [6.45, 7) is -1.41. The van der Waals surface area contributed by atoms with Crippen molar-refractivity contribution in [2.75, 3.05) is 37.9 Å². The maximum absolute atomic E-state index is 12.2. The largest absolute Gasteiger partial charge is 0.505 e. The minimum absolute atomic E-state index is 0.0287. The monoisotopic (exact) mass is 662 g/mol. The number of nitrogens with two attached hydrogens (primary N) is 2. The second-order valence-corrected chi connectivity index (χ2v) is 11.8. The number of benzene rings is 4. The third kappa shape index (κ3) is 7.78. The number of nitrogens with zero attached hydrogens (tertiary/aromatic N) is 4. The van der Waals surface area contributed by atoms with Gasteiger partial charge in [0.05, 0.1) is 13.2 Å². The lowest BCUT2D eigenvalue weighted by atomic mass is 10.1. The molecule has 0 bridgehead atoms. The van der Waals surface area contributed by atoms with Gasteiger partial charge >= 0.3 is 0 Å². The predicted molar refractivity (Wildman–Crippen MR) is 160 cm³/mol. The van der Waals surface area contributed by atoms with E-state index in [1.807, 2.05) is 0 Å². The Morgan fingerprint density at radius 2 is 1.16 bits per heavy atom. The first-order chi connectivity index (χ1) is 21.2. The van der Waals surface area contributed by atoms with E-state index < -0.39 is 54.7 Å². The molecule has 0 aliphatic carbocycles. The average molecular weight is 663 g/mol. The summed E-state index contributed by atoms with van der Waals surface area (Å²) in [7, 11) is -9.67. The van der Waals surface area contributed by atoms with Crippen LogP contribution in [0, 0.1) is 0 Å². The maximum Gasteiger partial charge on any atom is 0.296 e. The highest BCUT2D eigenvalue weighted by Crippen LogP contribution is 2.45. The van der Waals surface area contributed by atoms with Crippen LogP contribution in [-0.2, 0) is 20.2 Å². The Balaban J connectivity index is 1.89. The summed E-state index contributed by atoms with van der Waals surface area (Å²) in [5.41, 5.74) is 10.5. The van der Waals surface area contributed by atoms with Crippen molar-refractivity contribution in [3.63, 3.8) is 0 Å². The number of azo groups is 2. The van der Waals surface area contributed by atoms with Gasteiger partial charge in [-0.05, 0) is 41.8 Å². The third-order valence-corrected chi connectivity index (χ3v) is 7.63. The molecule has 0 fully saturated rings. The lowest BCUT2D eigenvalue weighted by Crippen LogP contribution is -2.04. The summed E-state index contributed by atoms with van der Waals surface area (Å²) < 4.78 is 78.5. The number of nitrogen functional groups attached to an aromatic ring is 2. The van der Waals surface area contributed by atoms with Gasteiger partial charge in [-0.1, -0.05) is 6.07 Å². The fourth-order valence-electron chi connectivity index (χ4n) is 3.92. The van der Waals surface area contributed by atoms with Crippen molar-refractivity contribution in [3.05, 3.63) is 54.6 Å². The third-order valence-electron chi connectivity index (χ3n) is 5.88. The van der Waals surface area contributed by atoms with Crippen LogP contribution >= 0.6 is 0 Å². The van der Waals surface area contributed by atoms with Gasteiger partial charge in [-0.25, -0.2) is 0 Å². The first-order valence-corrected chi connectivity index (χ1v) is 15.5. The molecule has 9 N–H and O–H groups in total. The molecule has 0 spiro atoms. The summed E-state index contributed by atoms with van der Waals surface area (Å²) in [4.78, 5) is -1.39. The molecule has 0 saturated carbocycles. The highest BCUT2D eigenvalue weighted by atomic mass is 32.2. The van der Waals surface area contributed by atoms with Gasteiger partial charge < -0.3 is 36.3 Å². The lowest BCUT2D eigenvalue weighted by molar-refractivity contribution is 0.198. The van der Waals surface area contributed by atoms with Crippen LogP contribution in [-0.4, -0.2) is 67.7 Å². The summed E-state index contributed by atoms with van der Waals surface area (Å²) in [5.74, 6) is -0.884. The Hall–Kier alpha value is -4.92. The Bertz CT molecular complexity index is 2040. The van der Waals surface area contributed by atoms with Gasteiger partial charge in [0.1, 0.15) is 57.3 Å². The van der Waals surface area contributed by atoms with Gasteiger partial charge in [-0.2, -0.15) is 16.8 Å². The van der Waals surface area contributed by atoms with Crippen LogP contribution in [0.3, 0.4) is 0 Å². The van der Waals surface area contributed by atoms with E-state index in [1.165, 1.54) is 42.5 Å². The molecule has 0 aromatic heterocycles. The lowest BCUT2D eigenvalue weighted by Gasteiger charge is -2.13. The molecule has 0 unspecified atom stereocenters. The van der Waals surface area contributed by atoms with E-state index in [4.69, 9.17) is 20.9 Å². The SMILES string of the molecule is Nc1ccc(N=Nc2cc(OCCO)c(N=Nc3c(S(=O)(=O)O)cc4ccc(N)cc4c3O)cc2OCCO)c(S(=O)(=O)O)c1. The molecule has 0 amide bonds. The first kappa shape index (κ1) is 33.0. The topological polar surface area (TPSA) is 289 Å². The van der Waals surface area contributed by atoms with E-state index in [1.54, 1.807) is 0 Å². The minimum atomic E-state index is -4.92. The Morgan fingerprint density at radius 1 is 0.644 bits per heavy atom. The number of rotatable bonds is 12. The number of hydrogen-bond acceptors (Lipinski definition) is 15. The van der Waals surface area contributed by atoms with Crippen molar-refractivity contribution < 1.29 is 50.7 Å². The average Bonchev–Trinajstić information content (AvgIpc) is 2.97. The van der Waals surface area contributed by atoms with Gasteiger partial charge in [0.25, 0.3) is 20.2 Å². The maximum atomic E-state index is 12.2. The minimum Gasteiger partial charge on any atom is -0.505 e. The number of hydrogen-bond donors (Lipinski definition) is 7. The van der Waals surface area contributed by atoms with E-state index in [0.29, 0.717) is 0 Å². The number of aliphatic hydroxyl groups is 2. The molecule has 0 atom stereocenters. The molecule has 17 nitrogen and oxygen atoms in total. The number of fused-ring (bicyclic) bond motifs is 1. The summed E-state index contributed by atoms with van der Waals surface area (Å²) in [5, 5.41) is 45.6. The molecule has 4 aromatic carbocycles. The summed E-state index contributed by atoms with van der Waals surface area (Å²) >= 11 is 0. The number of aliphatic hydroxyl groups excluding tert-OH is 2. The number of phenols is 1. The summed E-state index contributed by atoms with van der Waals surface area (Å²) in [6.07, 6.45) is 0. The molecule has 4 aromatic rings. The molecular formula is C26H26N6O11S2. The summed E-state index contributed by atoms with van der Waals surface area (Å²) in [6, 6.07) is 11.2. The van der Waals surface area contributed by atoms with Crippen molar-refractivity contribution >= 4 is 65.1 Å². The molecule has 0 aliphatic rings. The van der Waals surface area contributed by atoms with Crippen LogP contribution in [0.25, 0.3) is 10.8 Å². The van der Waals surface area contributed by atoms with Crippen molar-refractivity contribution in [2.24, 2.45) is 20.5 Å². The van der Waals surface area contributed by atoms with E-state index >= 15 is 0 Å². The van der Waals surface area contributed by atoms with E-state index in [9.17, 15) is 41.3 Å². The van der Waals surface area contributed by atoms with Gasteiger partial charge in [0.2, 0.25) is 0 Å². The van der Waals surface area contributed by atoms with E-state index in [2.05, 4.69) is 20.5 Å². The normalized spacial score (nSPS) is 12.4. The fraction of sp³-hybridized carbons (Fsp3) is 0.154. The van der Waals surface area contributed by atoms with Crippen molar-refractivity contribution in [1.29, 1.82) is 0 Å². The fourth-order valence-corrected chi connectivity index (χ4v) is 5.24. The highest BCUT2D eigenvalue weighted by Gasteiger charge is 2.23. The molecule has 0 aliphatic heterocycles. The zero-order valence-corrected chi connectivity index (χ0v) is 24.6. The highest BCUT2D eigenvalue weighted by molar-refractivity contribution is 7.86. The second kappa shape index (κ2) is 13.4. The molecule has 4 rings (SSSR count). The van der Waals surface area contributed by atoms with Crippen molar-refractivity contribution in [2.45, 2.75) is 9.79 Å². The molecule has 0 heterocycles. The van der Waals surface area contributed by atoms with Gasteiger partial charge in [0, 0.05) is 28.9 Å². The predicted octanol–water partition coefficient (Wildman–Crippen LogP) is 3.78. The van der Waals surface area contributed by atoms with E-state index in [0.717, 1.165) is 12.1 Å². The standard InChI is InChI=1S/C26H26N6O11S2/c27-15-2-1-14-9-24(45(39,40)41)25(26(35)17(14)10-15)32-31-20-13-21(42-7-5-33)19(12-22(20)43-8-6-34)30-29-18-4-3-16(28)11-23(18)44(36,37)38/h1-4,9-13,33-35H,5-8,27-28H2,(H,36,37,38)(H,39,40,41). The van der Waals surface area contributed by atoms with Gasteiger partial charge in [-0.15, -0.1) is 20.5 Å². The van der Waals surface area contributed by atoms with Crippen LogP contribution in [0.2, 0.25) is 0 Å². The number of aromatic hydroxyl groups is 1. The van der Waals surface area contributed by atoms with Crippen LogP contribution < -0.4 is 20.9 Å². The molecule has 0 saturated heterocycles. The Morgan fingerprint density at radius 3 is 1.71 bits per heavy atom.